The van der Waals surface area contributed by atoms with E-state index in [1.807, 2.05) is 68.0 Å². The van der Waals surface area contributed by atoms with Crippen LogP contribution in [0.15, 0.2) is 48.5 Å². The van der Waals surface area contributed by atoms with Crippen LogP contribution < -0.4 is 4.74 Å². The Labute approximate surface area is 141 Å². The van der Waals surface area contributed by atoms with Crippen molar-refractivity contribution >= 4 is 6.29 Å². The third-order valence-electron chi connectivity index (χ3n) is 4.11. The van der Waals surface area contributed by atoms with E-state index < -0.39 is 0 Å². The Bertz CT molecular complexity index is 867. The number of carbonyl (C=O) groups is 1. The molecule has 2 aromatic carbocycles. The molecule has 0 spiro atoms. The van der Waals surface area contributed by atoms with E-state index in [1.54, 1.807) is 6.07 Å². The molecule has 0 aliphatic carbocycles. The van der Waals surface area contributed by atoms with E-state index in [0.717, 1.165) is 34.4 Å². The SMILES string of the molecule is Cc1nn(C)c(C)c1-c1cc(C=O)cc(OCc2ccccc2)c1. The third-order valence-corrected chi connectivity index (χ3v) is 4.11. The van der Waals surface area contributed by atoms with Crippen molar-refractivity contribution in [3.63, 3.8) is 0 Å². The number of benzene rings is 2. The molecule has 1 aromatic heterocycles. The lowest BCUT2D eigenvalue weighted by Crippen LogP contribution is -1.97. The molecule has 4 nitrogen and oxygen atoms in total. The van der Waals surface area contributed by atoms with E-state index in [-0.39, 0.29) is 0 Å². The Balaban J connectivity index is 1.95. The van der Waals surface area contributed by atoms with Gasteiger partial charge in [0.1, 0.15) is 18.6 Å². The van der Waals surface area contributed by atoms with E-state index in [2.05, 4.69) is 5.10 Å². The topological polar surface area (TPSA) is 44.1 Å². The second-order valence-corrected chi connectivity index (χ2v) is 5.85. The largest absolute Gasteiger partial charge is 0.489 e. The van der Waals surface area contributed by atoms with Crippen LogP contribution in [0.2, 0.25) is 0 Å². The molecule has 24 heavy (non-hydrogen) atoms. The van der Waals surface area contributed by atoms with Gasteiger partial charge in [-0.2, -0.15) is 5.10 Å². The zero-order chi connectivity index (χ0) is 17.1. The van der Waals surface area contributed by atoms with Gasteiger partial charge in [-0.1, -0.05) is 30.3 Å². The van der Waals surface area contributed by atoms with Gasteiger partial charge in [0.2, 0.25) is 0 Å². The van der Waals surface area contributed by atoms with Crippen molar-refractivity contribution in [3.05, 3.63) is 71.0 Å². The van der Waals surface area contributed by atoms with Crippen LogP contribution in [0.5, 0.6) is 5.75 Å². The van der Waals surface area contributed by atoms with Gasteiger partial charge in [-0.25, -0.2) is 0 Å². The first-order valence-corrected chi connectivity index (χ1v) is 7.86. The third kappa shape index (κ3) is 3.23. The van der Waals surface area contributed by atoms with Crippen molar-refractivity contribution in [2.24, 2.45) is 7.05 Å². The zero-order valence-corrected chi connectivity index (χ0v) is 14.1. The highest BCUT2D eigenvalue weighted by Crippen LogP contribution is 2.30. The van der Waals surface area contributed by atoms with E-state index in [4.69, 9.17) is 4.74 Å². The smallest absolute Gasteiger partial charge is 0.150 e. The molecule has 0 saturated heterocycles. The molecule has 3 rings (SSSR count). The molecule has 0 N–H and O–H groups in total. The fourth-order valence-corrected chi connectivity index (χ4v) is 2.85. The predicted molar refractivity (Wildman–Crippen MR) is 94.3 cm³/mol. The van der Waals surface area contributed by atoms with Crippen molar-refractivity contribution in [1.29, 1.82) is 0 Å². The highest BCUT2D eigenvalue weighted by Gasteiger charge is 2.13. The highest BCUT2D eigenvalue weighted by atomic mass is 16.5. The van der Waals surface area contributed by atoms with Crippen molar-refractivity contribution in [2.75, 3.05) is 0 Å². The van der Waals surface area contributed by atoms with Gasteiger partial charge < -0.3 is 4.74 Å². The number of carbonyl (C=O) groups excluding carboxylic acids is 1. The van der Waals surface area contributed by atoms with Gasteiger partial charge in [0.25, 0.3) is 0 Å². The molecule has 0 aliphatic rings. The first-order valence-electron chi connectivity index (χ1n) is 7.86. The van der Waals surface area contributed by atoms with Gasteiger partial charge in [0, 0.05) is 23.9 Å². The van der Waals surface area contributed by atoms with Gasteiger partial charge in [0.05, 0.1) is 5.69 Å². The summed E-state index contributed by atoms with van der Waals surface area (Å²) >= 11 is 0. The monoisotopic (exact) mass is 320 g/mol. The molecule has 0 unspecified atom stereocenters. The molecule has 0 atom stereocenters. The van der Waals surface area contributed by atoms with E-state index in [0.29, 0.717) is 17.9 Å². The van der Waals surface area contributed by atoms with Crippen LogP contribution in [0.1, 0.15) is 27.3 Å². The van der Waals surface area contributed by atoms with Crippen LogP contribution in [0.25, 0.3) is 11.1 Å². The van der Waals surface area contributed by atoms with Crippen LogP contribution in [0, 0.1) is 13.8 Å². The Hall–Kier alpha value is -2.88. The molecule has 0 radical (unpaired) electrons. The lowest BCUT2D eigenvalue weighted by atomic mass is 10.0. The molecule has 0 bridgehead atoms. The summed E-state index contributed by atoms with van der Waals surface area (Å²) in [6.07, 6.45) is 0.847. The minimum Gasteiger partial charge on any atom is -0.489 e. The van der Waals surface area contributed by atoms with E-state index in [9.17, 15) is 4.79 Å². The fourth-order valence-electron chi connectivity index (χ4n) is 2.85. The maximum atomic E-state index is 11.3. The highest BCUT2D eigenvalue weighted by molar-refractivity contribution is 5.81. The zero-order valence-electron chi connectivity index (χ0n) is 14.1. The molecule has 4 heteroatoms. The van der Waals surface area contributed by atoms with Gasteiger partial charge >= 0.3 is 0 Å². The number of rotatable bonds is 5. The number of ether oxygens (including phenoxy) is 1. The van der Waals surface area contributed by atoms with E-state index in [1.165, 1.54) is 0 Å². The minimum atomic E-state index is 0.466. The Morgan fingerprint density at radius 1 is 1.12 bits per heavy atom. The molecule has 0 fully saturated rings. The second kappa shape index (κ2) is 6.71. The first-order chi connectivity index (χ1) is 11.6. The number of aldehydes is 1. The van der Waals surface area contributed by atoms with Crippen LogP contribution in [-0.4, -0.2) is 16.1 Å². The summed E-state index contributed by atoms with van der Waals surface area (Å²) in [6, 6.07) is 15.6. The Kier molecular flexibility index (Phi) is 4.47. The fraction of sp³-hybridized carbons (Fsp3) is 0.200. The van der Waals surface area contributed by atoms with Gasteiger partial charge in [0.15, 0.2) is 0 Å². The Morgan fingerprint density at radius 3 is 2.50 bits per heavy atom. The summed E-state index contributed by atoms with van der Waals surface area (Å²) in [5.74, 6) is 0.682. The lowest BCUT2D eigenvalue weighted by Gasteiger charge is -2.10. The first kappa shape index (κ1) is 16.0. The summed E-state index contributed by atoms with van der Waals surface area (Å²) in [7, 11) is 1.92. The average molecular weight is 320 g/mol. The number of aromatic nitrogens is 2. The van der Waals surface area contributed by atoms with Gasteiger partial charge in [-0.05, 0) is 43.2 Å². The van der Waals surface area contributed by atoms with Crippen molar-refractivity contribution in [3.8, 4) is 16.9 Å². The number of aryl methyl sites for hydroxylation is 2. The maximum Gasteiger partial charge on any atom is 0.150 e. The molecule has 3 aromatic rings. The lowest BCUT2D eigenvalue weighted by molar-refractivity contribution is 0.112. The number of hydrogen-bond donors (Lipinski definition) is 0. The van der Waals surface area contributed by atoms with Crippen LogP contribution >= 0.6 is 0 Å². The van der Waals surface area contributed by atoms with Crippen molar-refractivity contribution in [1.82, 2.24) is 9.78 Å². The minimum absolute atomic E-state index is 0.466. The van der Waals surface area contributed by atoms with Gasteiger partial charge in [-0.3, -0.25) is 9.48 Å². The normalized spacial score (nSPS) is 10.6. The quantitative estimate of drug-likeness (QED) is 0.665. The number of nitrogens with zero attached hydrogens (tertiary/aromatic N) is 2. The van der Waals surface area contributed by atoms with Gasteiger partial charge in [-0.15, -0.1) is 0 Å². The summed E-state index contributed by atoms with van der Waals surface area (Å²) < 4.78 is 7.75. The summed E-state index contributed by atoms with van der Waals surface area (Å²) in [5, 5.41) is 4.45. The summed E-state index contributed by atoms with van der Waals surface area (Å²) in [5.41, 5.74) is 5.68. The molecule has 0 amide bonds. The van der Waals surface area contributed by atoms with Crippen molar-refractivity contribution in [2.45, 2.75) is 20.5 Å². The number of hydrogen-bond acceptors (Lipinski definition) is 3. The summed E-state index contributed by atoms with van der Waals surface area (Å²) in [6.45, 7) is 4.46. The standard InChI is InChI=1S/C20H20N2O2/c1-14-20(15(2)22(3)21-14)18-9-17(12-23)10-19(11-18)24-13-16-7-5-4-6-8-16/h4-12H,13H2,1-3H3. The second-order valence-electron chi connectivity index (χ2n) is 5.85. The maximum absolute atomic E-state index is 11.3. The summed E-state index contributed by atoms with van der Waals surface area (Å²) in [4.78, 5) is 11.3. The van der Waals surface area contributed by atoms with Crippen molar-refractivity contribution < 1.29 is 9.53 Å². The molecule has 0 aliphatic heterocycles. The van der Waals surface area contributed by atoms with E-state index >= 15 is 0 Å². The van der Waals surface area contributed by atoms with Crippen LogP contribution in [0.3, 0.4) is 0 Å². The predicted octanol–water partition coefficient (Wildman–Crippen LogP) is 4.10. The molecular weight excluding hydrogens is 300 g/mol. The Morgan fingerprint density at radius 2 is 1.88 bits per heavy atom. The molecule has 1 heterocycles. The van der Waals surface area contributed by atoms with Crippen LogP contribution in [0.4, 0.5) is 0 Å². The van der Waals surface area contributed by atoms with Crippen LogP contribution in [-0.2, 0) is 13.7 Å². The molecular formula is C20H20N2O2. The average Bonchev–Trinajstić information content (AvgIpc) is 2.86. The molecule has 0 saturated carbocycles. The molecule has 122 valence electrons.